The smallest absolute Gasteiger partial charge is 0.306 e. The van der Waals surface area contributed by atoms with Crippen LogP contribution in [0.1, 0.15) is 39.5 Å². The Labute approximate surface area is 234 Å². The van der Waals surface area contributed by atoms with E-state index in [1.807, 2.05) is 37.7 Å². The molecule has 0 aliphatic heterocycles. The number of rotatable bonds is 13. The first-order valence-electron chi connectivity index (χ1n) is 12.1. The molecular formula is C22H30N8O4S4. The van der Waals surface area contributed by atoms with Gasteiger partial charge < -0.3 is 20.0 Å². The third-order valence-electron chi connectivity index (χ3n) is 6.10. The van der Waals surface area contributed by atoms with Crippen molar-refractivity contribution in [3.05, 3.63) is 19.3 Å². The summed E-state index contributed by atoms with van der Waals surface area (Å²) >= 11 is 2.07. The van der Waals surface area contributed by atoms with Crippen LogP contribution < -0.4 is 19.5 Å². The fourth-order valence-corrected chi connectivity index (χ4v) is 7.24. The zero-order valence-electron chi connectivity index (χ0n) is 21.4. The van der Waals surface area contributed by atoms with Crippen molar-refractivity contribution < 1.29 is 10.2 Å². The molecule has 4 aromatic rings. The van der Waals surface area contributed by atoms with Crippen LogP contribution in [0.2, 0.25) is 0 Å². The lowest BCUT2D eigenvalue weighted by molar-refractivity contribution is 0.255. The quantitative estimate of drug-likeness (QED) is 0.132. The van der Waals surface area contributed by atoms with E-state index in [2.05, 4.69) is 19.9 Å². The van der Waals surface area contributed by atoms with Crippen molar-refractivity contribution in [1.29, 1.82) is 0 Å². The fourth-order valence-electron chi connectivity index (χ4n) is 4.08. The van der Waals surface area contributed by atoms with Gasteiger partial charge in [-0.15, -0.1) is 0 Å². The monoisotopic (exact) mass is 598 g/mol. The predicted molar refractivity (Wildman–Crippen MR) is 156 cm³/mol. The molecule has 0 fully saturated rings. The van der Waals surface area contributed by atoms with Gasteiger partial charge in [-0.05, 0) is 34.4 Å². The lowest BCUT2D eigenvalue weighted by Gasteiger charge is -2.28. The fraction of sp³-hybridized carbons (Fsp3) is 0.545. The molecule has 4 aromatic heterocycles. The van der Waals surface area contributed by atoms with Crippen molar-refractivity contribution in [3.8, 4) is 0 Å². The summed E-state index contributed by atoms with van der Waals surface area (Å²) in [4.78, 5) is 51.5. The van der Waals surface area contributed by atoms with Crippen LogP contribution in [0.4, 0.5) is 11.6 Å². The van der Waals surface area contributed by atoms with Crippen LogP contribution in [-0.4, -0.2) is 79.5 Å². The molecule has 4 heterocycles. The highest BCUT2D eigenvalue weighted by molar-refractivity contribution is 8.76. The maximum absolute atomic E-state index is 12.1. The summed E-state index contributed by atoms with van der Waals surface area (Å²) in [6.45, 7) is 4.02. The Morgan fingerprint density at radius 3 is 1.50 bits per heavy atom. The number of fused-ring (bicyclic) bond motifs is 2. The molecule has 0 amide bonds. The van der Waals surface area contributed by atoms with E-state index in [0.29, 0.717) is 42.6 Å². The van der Waals surface area contributed by atoms with Crippen LogP contribution in [0, 0.1) is 0 Å². The van der Waals surface area contributed by atoms with Crippen LogP contribution in [-0.2, 0) is 0 Å². The van der Waals surface area contributed by atoms with E-state index < -0.39 is 0 Å². The highest BCUT2D eigenvalue weighted by Crippen LogP contribution is 2.38. The van der Waals surface area contributed by atoms with E-state index in [1.54, 1.807) is 0 Å². The first-order valence-corrected chi connectivity index (χ1v) is 15.9. The van der Waals surface area contributed by atoms with E-state index in [4.69, 9.17) is 9.97 Å². The minimum absolute atomic E-state index is 0.0394. The Hall–Kier alpha value is -2.24. The molecular weight excluding hydrogens is 569 g/mol. The van der Waals surface area contributed by atoms with Crippen LogP contribution in [0.5, 0.6) is 0 Å². The van der Waals surface area contributed by atoms with E-state index in [1.165, 1.54) is 21.6 Å². The van der Waals surface area contributed by atoms with Gasteiger partial charge in [0.05, 0.1) is 25.3 Å². The summed E-state index contributed by atoms with van der Waals surface area (Å²) in [6.07, 6.45) is 3.32. The standard InChI is InChI=1S/C22H30N8O4S4/c1-5-7-11(9-31)29(3)17-13-15(25-21(33)35-13)23-19(27-17)37-38-20-24-16-14(36-22(34)26-16)18(28-20)30(4)12(10-32)8-6-2/h11-12,31-32H,5-10H2,1-4H3,(H,23,25,27,33)(H,24,26,28,34)/t11-,12-/m1/s1. The van der Waals surface area contributed by atoms with Gasteiger partial charge in [-0.3, -0.25) is 19.6 Å². The molecule has 0 aliphatic rings. The average molecular weight is 599 g/mol. The molecule has 0 saturated carbocycles. The first-order chi connectivity index (χ1) is 18.3. The SMILES string of the molecule is CCC[C@H](CO)N(C)c1nc(SSc2nc(N(C)[C@@H](CO)CCC)c3sc(=O)[nH]c3n2)nc2[nH]c(=O)sc12. The van der Waals surface area contributed by atoms with Crippen LogP contribution in [0.15, 0.2) is 19.9 Å². The number of aromatic amines is 2. The molecule has 12 nitrogen and oxygen atoms in total. The van der Waals surface area contributed by atoms with Gasteiger partial charge in [-0.2, -0.15) is 0 Å². The Balaban J connectivity index is 1.68. The summed E-state index contributed by atoms with van der Waals surface area (Å²) in [5.74, 6) is 1.14. The molecule has 4 N–H and O–H groups in total. The summed E-state index contributed by atoms with van der Waals surface area (Å²) in [5, 5.41) is 20.6. The van der Waals surface area contributed by atoms with Gasteiger partial charge in [0, 0.05) is 14.1 Å². The average Bonchev–Trinajstić information content (AvgIpc) is 3.47. The van der Waals surface area contributed by atoms with Crippen LogP contribution in [0.25, 0.3) is 20.7 Å². The molecule has 0 spiro atoms. The van der Waals surface area contributed by atoms with Gasteiger partial charge in [-0.1, -0.05) is 49.4 Å². The zero-order valence-corrected chi connectivity index (χ0v) is 24.7. The number of thiazole rings is 2. The summed E-state index contributed by atoms with van der Waals surface area (Å²) in [7, 11) is 6.16. The van der Waals surface area contributed by atoms with E-state index in [0.717, 1.165) is 48.4 Å². The van der Waals surface area contributed by atoms with Crippen LogP contribution in [0.3, 0.4) is 0 Å². The van der Waals surface area contributed by atoms with E-state index in [9.17, 15) is 19.8 Å². The second-order valence-electron chi connectivity index (χ2n) is 8.68. The Bertz CT molecular complexity index is 1390. The second kappa shape index (κ2) is 12.7. The predicted octanol–water partition coefficient (Wildman–Crippen LogP) is 3.07. The Kier molecular flexibility index (Phi) is 9.64. The molecule has 2 atom stereocenters. The second-order valence-corrected chi connectivity index (χ2v) is 12.7. The molecule has 38 heavy (non-hydrogen) atoms. The van der Waals surface area contributed by atoms with Gasteiger partial charge >= 0.3 is 9.75 Å². The Morgan fingerprint density at radius 2 is 1.16 bits per heavy atom. The normalized spacial score (nSPS) is 13.3. The largest absolute Gasteiger partial charge is 0.394 e. The van der Waals surface area contributed by atoms with Gasteiger partial charge in [0.1, 0.15) is 9.40 Å². The summed E-state index contributed by atoms with van der Waals surface area (Å²) in [6, 6.07) is -0.301. The van der Waals surface area contributed by atoms with Crippen molar-refractivity contribution in [3.63, 3.8) is 0 Å². The van der Waals surface area contributed by atoms with Crippen molar-refractivity contribution in [2.45, 2.75) is 61.9 Å². The summed E-state index contributed by atoms with van der Waals surface area (Å²) < 4.78 is 1.26. The van der Waals surface area contributed by atoms with E-state index >= 15 is 0 Å². The maximum Gasteiger partial charge on any atom is 0.306 e. The highest BCUT2D eigenvalue weighted by Gasteiger charge is 2.23. The van der Waals surface area contributed by atoms with Gasteiger partial charge in [0.25, 0.3) is 0 Å². The number of anilines is 2. The third-order valence-corrected chi connectivity index (χ3v) is 9.73. The number of nitrogens with one attached hydrogen (secondary N) is 2. The minimum Gasteiger partial charge on any atom is -0.394 e. The number of aromatic nitrogens is 6. The third kappa shape index (κ3) is 6.15. The number of aliphatic hydroxyl groups excluding tert-OH is 2. The number of H-pyrrole nitrogens is 2. The molecule has 0 bridgehead atoms. The van der Waals surface area contributed by atoms with Gasteiger partial charge in [-0.25, -0.2) is 19.9 Å². The minimum atomic E-state index is -0.233. The van der Waals surface area contributed by atoms with Gasteiger partial charge in [0.2, 0.25) is 10.3 Å². The van der Waals surface area contributed by atoms with Crippen molar-refractivity contribution in [2.75, 3.05) is 37.1 Å². The number of aliphatic hydroxyl groups is 2. The summed E-state index contributed by atoms with van der Waals surface area (Å²) in [5.41, 5.74) is 0.856. The molecule has 0 aliphatic carbocycles. The number of hydrogen-bond acceptors (Lipinski definition) is 14. The molecule has 0 radical (unpaired) electrons. The number of likely N-dealkylation sites (N-methyl/N-ethyl adjacent to an activating group) is 2. The molecule has 206 valence electrons. The molecule has 0 saturated heterocycles. The number of nitrogens with zero attached hydrogens (tertiary/aromatic N) is 6. The maximum atomic E-state index is 12.1. The zero-order chi connectivity index (χ0) is 27.4. The molecule has 0 unspecified atom stereocenters. The van der Waals surface area contributed by atoms with Crippen molar-refractivity contribution in [1.82, 2.24) is 29.9 Å². The molecule has 0 aromatic carbocycles. The lowest BCUT2D eigenvalue weighted by Crippen LogP contribution is -2.35. The molecule has 16 heteroatoms. The first kappa shape index (κ1) is 28.8. The highest BCUT2D eigenvalue weighted by atomic mass is 33.1. The molecule has 4 rings (SSSR count). The van der Waals surface area contributed by atoms with Crippen molar-refractivity contribution >= 4 is 76.6 Å². The number of hydrogen-bond donors (Lipinski definition) is 4. The van der Waals surface area contributed by atoms with E-state index in [-0.39, 0.29) is 35.0 Å². The van der Waals surface area contributed by atoms with Crippen molar-refractivity contribution in [2.24, 2.45) is 0 Å². The lowest BCUT2D eigenvalue weighted by atomic mass is 10.1. The van der Waals surface area contributed by atoms with Crippen LogP contribution >= 0.6 is 44.3 Å². The van der Waals surface area contributed by atoms with Gasteiger partial charge in [0.15, 0.2) is 22.9 Å². The Morgan fingerprint density at radius 1 is 0.763 bits per heavy atom. The topological polar surface area (TPSA) is 164 Å².